The van der Waals surface area contributed by atoms with Crippen LogP contribution in [0, 0.1) is 0 Å². The summed E-state index contributed by atoms with van der Waals surface area (Å²) in [6.07, 6.45) is -2.97. The van der Waals surface area contributed by atoms with E-state index in [1.54, 1.807) is 0 Å². The van der Waals surface area contributed by atoms with Crippen molar-refractivity contribution in [2.24, 2.45) is 0 Å². The molecule has 0 atom stereocenters. The molecular weight excluding hydrogens is 199 g/mol. The molecule has 0 spiro atoms. The third-order valence-electron chi connectivity index (χ3n) is 1.25. The van der Waals surface area contributed by atoms with Gasteiger partial charge in [-0.05, 0) is 6.07 Å². The van der Waals surface area contributed by atoms with Gasteiger partial charge >= 0.3 is 6.18 Å². The lowest BCUT2D eigenvalue weighted by Crippen LogP contribution is -2.17. The highest BCUT2D eigenvalue weighted by Crippen LogP contribution is 2.15. The summed E-state index contributed by atoms with van der Waals surface area (Å²) in [6.45, 7) is -1.52. The van der Waals surface area contributed by atoms with Crippen molar-refractivity contribution in [1.82, 2.24) is 9.97 Å². The van der Waals surface area contributed by atoms with Crippen molar-refractivity contribution >= 4 is 5.95 Å². The van der Waals surface area contributed by atoms with Crippen LogP contribution < -0.4 is 5.73 Å². The summed E-state index contributed by atoms with van der Waals surface area (Å²) in [5, 5.41) is 0. The Bertz CT molecular complexity index is 302. The molecule has 0 unspecified atom stereocenters. The molecule has 0 saturated carbocycles. The van der Waals surface area contributed by atoms with Gasteiger partial charge in [0.1, 0.15) is 6.61 Å². The Morgan fingerprint density at radius 1 is 1.43 bits per heavy atom. The number of alkyl halides is 3. The summed E-state index contributed by atoms with van der Waals surface area (Å²) in [6, 6.07) is 1.44. The van der Waals surface area contributed by atoms with Crippen LogP contribution in [0.2, 0.25) is 0 Å². The van der Waals surface area contributed by atoms with Crippen LogP contribution in [0.4, 0.5) is 19.1 Å². The van der Waals surface area contributed by atoms with Gasteiger partial charge in [-0.1, -0.05) is 0 Å². The average Bonchev–Trinajstić information content (AvgIpc) is 2.01. The number of ether oxygens (including phenoxy) is 1. The molecule has 0 aliphatic heterocycles. The Morgan fingerprint density at radius 2 is 2.14 bits per heavy atom. The van der Waals surface area contributed by atoms with E-state index in [0.717, 1.165) is 0 Å². The summed E-state index contributed by atoms with van der Waals surface area (Å²) in [5.41, 5.74) is 5.54. The Balaban J connectivity index is 2.39. The second-order valence-corrected chi connectivity index (χ2v) is 2.51. The molecule has 1 rings (SSSR count). The van der Waals surface area contributed by atoms with Crippen LogP contribution in [0.25, 0.3) is 0 Å². The largest absolute Gasteiger partial charge is 0.411 e. The molecule has 7 heteroatoms. The summed E-state index contributed by atoms with van der Waals surface area (Å²) in [4.78, 5) is 7.25. The minimum atomic E-state index is -4.32. The van der Waals surface area contributed by atoms with E-state index in [1.165, 1.54) is 12.3 Å². The zero-order chi connectivity index (χ0) is 10.6. The van der Waals surface area contributed by atoms with E-state index in [0.29, 0.717) is 5.69 Å². The third kappa shape index (κ3) is 4.04. The summed E-state index contributed by atoms with van der Waals surface area (Å²) in [7, 11) is 0. The molecule has 78 valence electrons. The van der Waals surface area contributed by atoms with Gasteiger partial charge in [0.2, 0.25) is 5.95 Å². The molecule has 0 fully saturated rings. The monoisotopic (exact) mass is 207 g/mol. The van der Waals surface area contributed by atoms with Crippen LogP contribution in [0.1, 0.15) is 5.69 Å². The first kappa shape index (κ1) is 10.7. The van der Waals surface area contributed by atoms with Crippen molar-refractivity contribution in [3.63, 3.8) is 0 Å². The number of nitrogen functional groups attached to an aromatic ring is 1. The van der Waals surface area contributed by atoms with Crippen LogP contribution in [-0.4, -0.2) is 22.8 Å². The Labute approximate surface area is 77.9 Å². The standard InChI is InChI=1S/C7H8F3N3O/c8-7(9,10)4-14-3-5-1-2-12-6(11)13-5/h1-2H,3-4H2,(H2,11,12,13). The zero-order valence-electron chi connectivity index (χ0n) is 7.08. The van der Waals surface area contributed by atoms with E-state index >= 15 is 0 Å². The summed E-state index contributed by atoms with van der Waals surface area (Å²) >= 11 is 0. The van der Waals surface area contributed by atoms with Gasteiger partial charge < -0.3 is 10.5 Å². The molecule has 0 aliphatic carbocycles. The number of aromatic nitrogens is 2. The second-order valence-electron chi connectivity index (χ2n) is 2.51. The van der Waals surface area contributed by atoms with Crippen LogP contribution in [0.5, 0.6) is 0 Å². The number of nitrogens with two attached hydrogens (primary N) is 1. The number of hydrogen-bond acceptors (Lipinski definition) is 4. The van der Waals surface area contributed by atoms with Gasteiger partial charge in [-0.2, -0.15) is 13.2 Å². The Morgan fingerprint density at radius 3 is 2.71 bits per heavy atom. The highest BCUT2D eigenvalue weighted by atomic mass is 19.4. The minimum absolute atomic E-state index is 0.0121. The SMILES string of the molecule is Nc1nccc(COCC(F)(F)F)n1. The van der Waals surface area contributed by atoms with E-state index in [-0.39, 0.29) is 12.6 Å². The van der Waals surface area contributed by atoms with Crippen LogP contribution >= 0.6 is 0 Å². The molecule has 14 heavy (non-hydrogen) atoms. The second kappa shape index (κ2) is 4.23. The molecule has 1 heterocycles. The van der Waals surface area contributed by atoms with Gasteiger partial charge in [0.05, 0.1) is 12.3 Å². The number of rotatable bonds is 3. The maximum atomic E-state index is 11.7. The fourth-order valence-corrected chi connectivity index (χ4v) is 0.765. The van der Waals surface area contributed by atoms with Crippen LogP contribution in [0.3, 0.4) is 0 Å². The summed E-state index contributed by atoms with van der Waals surface area (Å²) < 4.78 is 39.3. The lowest BCUT2D eigenvalue weighted by Gasteiger charge is -2.06. The molecule has 0 aromatic carbocycles. The van der Waals surface area contributed by atoms with Crippen molar-refractivity contribution in [3.05, 3.63) is 18.0 Å². The fraction of sp³-hybridized carbons (Fsp3) is 0.429. The lowest BCUT2D eigenvalue weighted by atomic mass is 10.4. The number of halogens is 3. The lowest BCUT2D eigenvalue weighted by molar-refractivity contribution is -0.176. The molecule has 0 saturated heterocycles. The van der Waals surface area contributed by atoms with Gasteiger partial charge in [-0.3, -0.25) is 0 Å². The van der Waals surface area contributed by atoms with Crippen molar-refractivity contribution in [2.45, 2.75) is 12.8 Å². The number of hydrogen-bond donors (Lipinski definition) is 1. The Kier molecular flexibility index (Phi) is 3.23. The molecule has 4 nitrogen and oxygen atoms in total. The minimum Gasteiger partial charge on any atom is -0.368 e. The quantitative estimate of drug-likeness (QED) is 0.807. The maximum absolute atomic E-state index is 11.7. The molecule has 0 radical (unpaired) electrons. The topological polar surface area (TPSA) is 61.0 Å². The molecule has 0 bridgehead atoms. The van der Waals surface area contributed by atoms with Crippen molar-refractivity contribution in [3.8, 4) is 0 Å². The van der Waals surface area contributed by atoms with Crippen molar-refractivity contribution in [2.75, 3.05) is 12.3 Å². The smallest absolute Gasteiger partial charge is 0.368 e. The molecule has 1 aromatic rings. The zero-order valence-corrected chi connectivity index (χ0v) is 7.08. The molecular formula is C7H8F3N3O. The van der Waals surface area contributed by atoms with Gasteiger partial charge in [0, 0.05) is 6.20 Å². The van der Waals surface area contributed by atoms with Gasteiger partial charge in [-0.25, -0.2) is 9.97 Å². The fourth-order valence-electron chi connectivity index (χ4n) is 0.765. The average molecular weight is 207 g/mol. The first-order valence-electron chi connectivity index (χ1n) is 3.69. The van der Waals surface area contributed by atoms with Crippen molar-refractivity contribution < 1.29 is 17.9 Å². The highest BCUT2D eigenvalue weighted by Gasteiger charge is 2.27. The summed E-state index contributed by atoms with van der Waals surface area (Å²) in [5.74, 6) is 0.0121. The van der Waals surface area contributed by atoms with Crippen LogP contribution in [0.15, 0.2) is 12.3 Å². The first-order valence-corrected chi connectivity index (χ1v) is 3.69. The van der Waals surface area contributed by atoms with E-state index in [9.17, 15) is 13.2 Å². The molecule has 0 aliphatic rings. The van der Waals surface area contributed by atoms with Crippen molar-refractivity contribution in [1.29, 1.82) is 0 Å². The van der Waals surface area contributed by atoms with E-state index in [1.807, 2.05) is 0 Å². The molecule has 0 amide bonds. The first-order chi connectivity index (χ1) is 6.47. The molecule has 2 N–H and O–H groups in total. The number of nitrogens with zero attached hydrogens (tertiary/aromatic N) is 2. The van der Waals surface area contributed by atoms with E-state index in [2.05, 4.69) is 14.7 Å². The maximum Gasteiger partial charge on any atom is 0.411 e. The van der Waals surface area contributed by atoms with Gasteiger partial charge in [0.25, 0.3) is 0 Å². The van der Waals surface area contributed by atoms with Crippen LogP contribution in [-0.2, 0) is 11.3 Å². The van der Waals surface area contributed by atoms with Gasteiger partial charge in [-0.15, -0.1) is 0 Å². The third-order valence-corrected chi connectivity index (χ3v) is 1.25. The van der Waals surface area contributed by atoms with Gasteiger partial charge in [0.15, 0.2) is 0 Å². The Hall–Kier alpha value is -1.37. The predicted octanol–water partition coefficient (Wildman–Crippen LogP) is 1.14. The van der Waals surface area contributed by atoms with E-state index in [4.69, 9.17) is 5.73 Å². The number of anilines is 1. The predicted molar refractivity (Wildman–Crippen MR) is 42.2 cm³/mol. The van der Waals surface area contributed by atoms with E-state index < -0.39 is 12.8 Å². The normalized spacial score (nSPS) is 11.6. The highest BCUT2D eigenvalue weighted by molar-refractivity contribution is 5.16. The molecule has 1 aromatic heterocycles.